The van der Waals surface area contributed by atoms with Crippen LogP contribution in [-0.2, 0) is 16.1 Å². The Morgan fingerprint density at radius 3 is 2.43 bits per heavy atom. The lowest BCUT2D eigenvalue weighted by Gasteiger charge is -2.25. The molecule has 112 valence electrons. The van der Waals surface area contributed by atoms with Crippen molar-refractivity contribution in [2.75, 3.05) is 6.54 Å². The Hall–Kier alpha value is -2.39. The van der Waals surface area contributed by atoms with Crippen molar-refractivity contribution in [3.05, 3.63) is 35.4 Å². The van der Waals surface area contributed by atoms with Crippen LogP contribution in [0.25, 0.3) is 0 Å². The molecule has 0 spiro atoms. The van der Waals surface area contributed by atoms with Crippen LogP contribution in [0.2, 0.25) is 0 Å². The standard InChI is InChI=1S/C15H20N4O2/c1-2-7-19(15(21)13(17)8-14(18)20)10-12-5-3-11(9-16)4-6-12/h3-6,13H,2,7-8,10,17H2,1H3,(H2,18,20). The summed E-state index contributed by atoms with van der Waals surface area (Å²) >= 11 is 0. The first-order valence-electron chi connectivity index (χ1n) is 6.79. The van der Waals surface area contributed by atoms with Crippen molar-refractivity contribution in [1.82, 2.24) is 4.90 Å². The lowest BCUT2D eigenvalue weighted by atomic mass is 10.1. The Labute approximate surface area is 124 Å². The fourth-order valence-electron chi connectivity index (χ4n) is 1.98. The van der Waals surface area contributed by atoms with E-state index >= 15 is 0 Å². The van der Waals surface area contributed by atoms with Gasteiger partial charge in [-0.1, -0.05) is 19.1 Å². The van der Waals surface area contributed by atoms with E-state index in [4.69, 9.17) is 16.7 Å². The van der Waals surface area contributed by atoms with E-state index in [9.17, 15) is 9.59 Å². The van der Waals surface area contributed by atoms with Gasteiger partial charge in [-0.15, -0.1) is 0 Å². The van der Waals surface area contributed by atoms with E-state index in [1.54, 1.807) is 29.2 Å². The number of carbonyl (C=O) groups is 2. The summed E-state index contributed by atoms with van der Waals surface area (Å²) in [5.74, 6) is -0.884. The quantitative estimate of drug-likeness (QED) is 0.760. The largest absolute Gasteiger partial charge is 0.370 e. The monoisotopic (exact) mass is 288 g/mol. The maximum atomic E-state index is 12.2. The number of benzene rings is 1. The highest BCUT2D eigenvalue weighted by atomic mass is 16.2. The third kappa shape index (κ3) is 5.24. The highest BCUT2D eigenvalue weighted by Gasteiger charge is 2.22. The van der Waals surface area contributed by atoms with Crippen molar-refractivity contribution >= 4 is 11.8 Å². The second-order valence-corrected chi connectivity index (χ2v) is 4.85. The summed E-state index contributed by atoms with van der Waals surface area (Å²) in [6.45, 7) is 2.90. The first-order chi connectivity index (χ1) is 9.97. The maximum Gasteiger partial charge on any atom is 0.240 e. The zero-order valence-corrected chi connectivity index (χ0v) is 12.1. The first kappa shape index (κ1) is 16.7. The Morgan fingerprint density at radius 2 is 1.95 bits per heavy atom. The van der Waals surface area contributed by atoms with Crippen LogP contribution in [-0.4, -0.2) is 29.3 Å². The highest BCUT2D eigenvalue weighted by Crippen LogP contribution is 2.09. The minimum Gasteiger partial charge on any atom is -0.370 e. The number of nitriles is 1. The molecule has 6 heteroatoms. The minimum absolute atomic E-state index is 0.160. The van der Waals surface area contributed by atoms with Gasteiger partial charge in [-0.05, 0) is 24.1 Å². The molecule has 4 N–H and O–H groups in total. The maximum absolute atomic E-state index is 12.2. The van der Waals surface area contributed by atoms with Crippen LogP contribution in [0.5, 0.6) is 0 Å². The molecule has 0 fully saturated rings. The molecule has 2 amide bonds. The lowest BCUT2D eigenvalue weighted by molar-refractivity contribution is -0.135. The molecule has 1 atom stereocenters. The molecule has 0 radical (unpaired) electrons. The van der Waals surface area contributed by atoms with Gasteiger partial charge in [-0.25, -0.2) is 0 Å². The molecule has 1 rings (SSSR count). The van der Waals surface area contributed by atoms with Crippen molar-refractivity contribution in [3.8, 4) is 6.07 Å². The Balaban J connectivity index is 2.78. The zero-order valence-electron chi connectivity index (χ0n) is 12.1. The van der Waals surface area contributed by atoms with E-state index < -0.39 is 11.9 Å². The fourth-order valence-corrected chi connectivity index (χ4v) is 1.98. The second-order valence-electron chi connectivity index (χ2n) is 4.85. The zero-order chi connectivity index (χ0) is 15.8. The molecule has 0 aliphatic heterocycles. The molecule has 0 aromatic heterocycles. The van der Waals surface area contributed by atoms with Crippen LogP contribution >= 0.6 is 0 Å². The van der Waals surface area contributed by atoms with Gasteiger partial charge < -0.3 is 16.4 Å². The average molecular weight is 288 g/mol. The molecule has 0 bridgehead atoms. The lowest BCUT2D eigenvalue weighted by Crippen LogP contribution is -2.45. The molecule has 21 heavy (non-hydrogen) atoms. The second kappa shape index (κ2) is 8.02. The van der Waals surface area contributed by atoms with Gasteiger partial charge in [0.15, 0.2) is 0 Å². The highest BCUT2D eigenvalue weighted by molar-refractivity contribution is 5.87. The van der Waals surface area contributed by atoms with Crippen LogP contribution in [0, 0.1) is 11.3 Å². The van der Waals surface area contributed by atoms with Crippen LogP contribution in [0.4, 0.5) is 0 Å². The third-order valence-electron chi connectivity index (χ3n) is 3.00. The van der Waals surface area contributed by atoms with Crippen LogP contribution < -0.4 is 11.5 Å². The van der Waals surface area contributed by atoms with Crippen LogP contribution in [0.15, 0.2) is 24.3 Å². The number of hydrogen-bond acceptors (Lipinski definition) is 4. The Kier molecular flexibility index (Phi) is 6.37. The number of hydrogen-bond donors (Lipinski definition) is 2. The van der Waals surface area contributed by atoms with Gasteiger partial charge in [-0.2, -0.15) is 5.26 Å². The Bertz CT molecular complexity index is 534. The minimum atomic E-state index is -0.910. The summed E-state index contributed by atoms with van der Waals surface area (Å²) in [5.41, 5.74) is 12.3. The third-order valence-corrected chi connectivity index (χ3v) is 3.00. The molecule has 0 heterocycles. The summed E-state index contributed by atoms with van der Waals surface area (Å²) in [6, 6.07) is 8.14. The van der Waals surface area contributed by atoms with Gasteiger partial charge in [0.1, 0.15) is 0 Å². The molecular formula is C15H20N4O2. The number of carbonyl (C=O) groups excluding carboxylic acids is 2. The molecule has 1 unspecified atom stereocenters. The summed E-state index contributed by atoms with van der Waals surface area (Å²) in [6.07, 6.45) is 0.623. The first-order valence-corrected chi connectivity index (χ1v) is 6.79. The van der Waals surface area contributed by atoms with E-state index in [0.29, 0.717) is 18.7 Å². The molecular weight excluding hydrogens is 268 g/mol. The SMILES string of the molecule is CCCN(Cc1ccc(C#N)cc1)C(=O)C(N)CC(N)=O. The van der Waals surface area contributed by atoms with Crippen molar-refractivity contribution in [2.45, 2.75) is 32.4 Å². The Morgan fingerprint density at radius 1 is 1.33 bits per heavy atom. The summed E-state index contributed by atoms with van der Waals surface area (Å²) in [5, 5.41) is 8.76. The van der Waals surface area contributed by atoms with E-state index in [1.165, 1.54) is 0 Å². The van der Waals surface area contributed by atoms with Crippen molar-refractivity contribution in [1.29, 1.82) is 5.26 Å². The van der Waals surface area contributed by atoms with Gasteiger partial charge >= 0.3 is 0 Å². The predicted molar refractivity (Wildman–Crippen MR) is 78.7 cm³/mol. The van der Waals surface area contributed by atoms with E-state index in [0.717, 1.165) is 12.0 Å². The molecule has 0 aliphatic carbocycles. The summed E-state index contributed by atoms with van der Waals surface area (Å²) < 4.78 is 0. The normalized spacial score (nSPS) is 11.5. The van der Waals surface area contributed by atoms with Crippen molar-refractivity contribution in [2.24, 2.45) is 11.5 Å². The van der Waals surface area contributed by atoms with Gasteiger partial charge in [0.25, 0.3) is 0 Å². The topological polar surface area (TPSA) is 113 Å². The predicted octanol–water partition coefficient (Wildman–Crippen LogP) is 0.500. The molecule has 1 aromatic carbocycles. The van der Waals surface area contributed by atoms with E-state index in [-0.39, 0.29) is 12.3 Å². The van der Waals surface area contributed by atoms with Crippen molar-refractivity contribution < 1.29 is 9.59 Å². The number of rotatable bonds is 7. The molecule has 1 aromatic rings. The van der Waals surface area contributed by atoms with Crippen LogP contribution in [0.3, 0.4) is 0 Å². The van der Waals surface area contributed by atoms with Gasteiger partial charge in [-0.3, -0.25) is 9.59 Å². The molecule has 6 nitrogen and oxygen atoms in total. The number of amides is 2. The molecule has 0 saturated heterocycles. The smallest absolute Gasteiger partial charge is 0.240 e. The number of primary amides is 1. The summed E-state index contributed by atoms with van der Waals surface area (Å²) in [7, 11) is 0. The van der Waals surface area contributed by atoms with Gasteiger partial charge in [0.2, 0.25) is 11.8 Å². The number of nitrogens with two attached hydrogens (primary N) is 2. The molecule has 0 saturated carbocycles. The number of nitrogens with zero attached hydrogens (tertiary/aromatic N) is 2. The van der Waals surface area contributed by atoms with Crippen molar-refractivity contribution in [3.63, 3.8) is 0 Å². The van der Waals surface area contributed by atoms with Crippen LogP contribution in [0.1, 0.15) is 30.9 Å². The van der Waals surface area contributed by atoms with Gasteiger partial charge in [0, 0.05) is 13.1 Å². The van der Waals surface area contributed by atoms with E-state index in [2.05, 4.69) is 0 Å². The van der Waals surface area contributed by atoms with E-state index in [1.807, 2.05) is 13.0 Å². The fraction of sp³-hybridized carbons (Fsp3) is 0.400. The molecule has 0 aliphatic rings. The average Bonchev–Trinajstić information content (AvgIpc) is 2.46. The summed E-state index contributed by atoms with van der Waals surface area (Å²) in [4.78, 5) is 24.7. The van der Waals surface area contributed by atoms with Gasteiger partial charge in [0.05, 0.1) is 24.1 Å².